The number of pyridine rings is 2. The summed E-state index contributed by atoms with van der Waals surface area (Å²) in [5.41, 5.74) is 7.46. The first-order chi connectivity index (χ1) is 11.9. The predicted octanol–water partition coefficient (Wildman–Crippen LogP) is 1.94. The van der Waals surface area contributed by atoms with Crippen molar-refractivity contribution in [2.45, 2.75) is 12.3 Å². The van der Waals surface area contributed by atoms with Crippen molar-refractivity contribution in [3.63, 3.8) is 0 Å². The Balaban J connectivity index is 1.70. The minimum absolute atomic E-state index is 0.0435. The van der Waals surface area contributed by atoms with E-state index in [4.69, 9.17) is 5.73 Å². The van der Waals surface area contributed by atoms with Crippen LogP contribution in [0.3, 0.4) is 0 Å². The molecule has 3 heterocycles. The lowest BCUT2D eigenvalue weighted by atomic mass is 9.85. The second kappa shape index (κ2) is 6.55. The highest BCUT2D eigenvalue weighted by atomic mass is 16.2. The Labute approximate surface area is 148 Å². The van der Waals surface area contributed by atoms with Gasteiger partial charge in [-0.25, -0.2) is 9.97 Å². The van der Waals surface area contributed by atoms with E-state index in [1.165, 1.54) is 5.56 Å². The fourth-order valence-electron chi connectivity index (χ4n) is 3.40. The molecule has 2 aromatic rings. The number of anilines is 2. The van der Waals surface area contributed by atoms with Gasteiger partial charge in [0.2, 0.25) is 5.91 Å². The van der Waals surface area contributed by atoms with E-state index in [1.54, 1.807) is 35.5 Å². The van der Waals surface area contributed by atoms with E-state index in [9.17, 15) is 4.79 Å². The largest absolute Gasteiger partial charge is 0.384 e. The van der Waals surface area contributed by atoms with Crippen LogP contribution < -0.4 is 10.6 Å². The van der Waals surface area contributed by atoms with E-state index in [0.29, 0.717) is 12.4 Å². The summed E-state index contributed by atoms with van der Waals surface area (Å²) in [5.74, 6) is 1.42. The fourth-order valence-corrected chi connectivity index (χ4v) is 3.40. The normalized spacial score (nSPS) is 19.2. The number of nitrogens with zero attached hydrogens (tertiary/aromatic N) is 4. The molecule has 1 amide bonds. The highest BCUT2D eigenvalue weighted by molar-refractivity contribution is 5.91. The molecule has 2 N–H and O–H groups in total. The van der Waals surface area contributed by atoms with Gasteiger partial charge in [0.05, 0.1) is 0 Å². The molecule has 1 aliphatic rings. The van der Waals surface area contributed by atoms with Crippen molar-refractivity contribution in [1.82, 2.24) is 14.9 Å². The van der Waals surface area contributed by atoms with Crippen LogP contribution in [-0.4, -0.2) is 48.0 Å². The second-order valence-corrected chi connectivity index (χ2v) is 6.84. The lowest BCUT2D eigenvalue weighted by Gasteiger charge is -2.30. The van der Waals surface area contributed by atoms with Crippen LogP contribution in [-0.2, 0) is 10.2 Å². The summed E-state index contributed by atoms with van der Waals surface area (Å²) in [4.78, 5) is 24.8. The summed E-state index contributed by atoms with van der Waals surface area (Å²) in [5, 5.41) is 0. The van der Waals surface area contributed by atoms with Gasteiger partial charge in [-0.3, -0.25) is 4.79 Å². The van der Waals surface area contributed by atoms with Crippen molar-refractivity contribution in [2.75, 3.05) is 37.8 Å². The molecule has 0 bridgehead atoms. The van der Waals surface area contributed by atoms with Crippen LogP contribution in [0.4, 0.5) is 11.6 Å². The zero-order valence-corrected chi connectivity index (χ0v) is 14.8. The van der Waals surface area contributed by atoms with Crippen LogP contribution in [0, 0.1) is 0 Å². The predicted molar refractivity (Wildman–Crippen MR) is 100 cm³/mol. The number of carbonyl (C=O) groups is 1. The zero-order valence-electron chi connectivity index (χ0n) is 14.8. The van der Waals surface area contributed by atoms with Crippen molar-refractivity contribution in [2.24, 2.45) is 0 Å². The van der Waals surface area contributed by atoms with Crippen LogP contribution in [0.5, 0.6) is 0 Å². The van der Waals surface area contributed by atoms with Crippen LogP contribution in [0.1, 0.15) is 18.1 Å². The van der Waals surface area contributed by atoms with E-state index >= 15 is 0 Å². The summed E-state index contributed by atoms with van der Waals surface area (Å²) < 4.78 is 0. The average Bonchev–Trinajstić information content (AvgIpc) is 2.85. The van der Waals surface area contributed by atoms with Crippen molar-refractivity contribution in [3.8, 4) is 0 Å². The number of nitrogens with two attached hydrogens (primary N) is 1. The van der Waals surface area contributed by atoms with E-state index < -0.39 is 0 Å². The smallest absolute Gasteiger partial charge is 0.246 e. The van der Waals surface area contributed by atoms with Crippen LogP contribution in [0.15, 0.2) is 42.7 Å². The molecular weight excluding hydrogens is 314 g/mol. The Morgan fingerprint density at radius 1 is 1.40 bits per heavy atom. The second-order valence-electron chi connectivity index (χ2n) is 6.84. The van der Waals surface area contributed by atoms with Gasteiger partial charge in [0.15, 0.2) is 0 Å². The van der Waals surface area contributed by atoms with Crippen molar-refractivity contribution in [1.29, 1.82) is 0 Å². The average molecular weight is 337 g/mol. The van der Waals surface area contributed by atoms with E-state index in [2.05, 4.69) is 27.9 Å². The molecule has 1 atom stereocenters. The molecule has 0 aliphatic carbocycles. The first-order valence-electron chi connectivity index (χ1n) is 8.20. The maximum atomic E-state index is 12.5. The lowest BCUT2D eigenvalue weighted by Crippen LogP contribution is -2.42. The molecule has 0 spiro atoms. The minimum Gasteiger partial charge on any atom is -0.384 e. The molecule has 0 aromatic carbocycles. The van der Waals surface area contributed by atoms with E-state index in [1.807, 2.05) is 26.2 Å². The Hall–Kier alpha value is -2.89. The first kappa shape index (κ1) is 17.0. The van der Waals surface area contributed by atoms with Gasteiger partial charge in [0.1, 0.15) is 11.6 Å². The van der Waals surface area contributed by atoms with Crippen LogP contribution in [0.2, 0.25) is 0 Å². The quantitative estimate of drug-likeness (QED) is 0.863. The third-order valence-corrected chi connectivity index (χ3v) is 4.57. The number of hydrogen-bond acceptors (Lipinski definition) is 5. The molecule has 0 saturated carbocycles. The molecule has 6 heteroatoms. The number of nitrogen functional groups attached to an aromatic ring is 1. The van der Waals surface area contributed by atoms with Gasteiger partial charge in [-0.1, -0.05) is 13.0 Å². The molecule has 0 fully saturated rings. The third kappa shape index (κ3) is 3.47. The Morgan fingerprint density at radius 3 is 2.92 bits per heavy atom. The van der Waals surface area contributed by atoms with Crippen molar-refractivity contribution >= 4 is 23.6 Å². The Morgan fingerprint density at radius 2 is 2.20 bits per heavy atom. The molecule has 0 saturated heterocycles. The summed E-state index contributed by atoms with van der Waals surface area (Å²) in [6, 6.07) is 7.60. The molecule has 2 aromatic heterocycles. The number of rotatable bonds is 4. The summed E-state index contributed by atoms with van der Waals surface area (Å²) in [6.07, 6.45) is 6.77. The van der Waals surface area contributed by atoms with Gasteiger partial charge in [-0.05, 0) is 29.8 Å². The number of aromatic nitrogens is 2. The molecule has 1 aliphatic heterocycles. The number of amides is 1. The van der Waals surface area contributed by atoms with Crippen molar-refractivity contribution < 1.29 is 4.79 Å². The van der Waals surface area contributed by atoms with Gasteiger partial charge in [-0.15, -0.1) is 0 Å². The first-order valence-corrected chi connectivity index (χ1v) is 8.20. The van der Waals surface area contributed by atoms with Crippen LogP contribution in [0.25, 0.3) is 6.08 Å². The lowest BCUT2D eigenvalue weighted by molar-refractivity contribution is -0.125. The monoisotopic (exact) mass is 337 g/mol. The number of carbonyl (C=O) groups excluding carboxylic acids is 1. The van der Waals surface area contributed by atoms with Gasteiger partial charge in [0, 0.05) is 56.6 Å². The summed E-state index contributed by atoms with van der Waals surface area (Å²) >= 11 is 0. The van der Waals surface area contributed by atoms with Gasteiger partial charge < -0.3 is 15.5 Å². The number of hydrogen-bond donors (Lipinski definition) is 1. The van der Waals surface area contributed by atoms with Crippen molar-refractivity contribution in [3.05, 3.63) is 53.9 Å². The Bertz CT molecular complexity index is 802. The zero-order chi connectivity index (χ0) is 18.0. The number of likely N-dealkylation sites (N-methyl/N-ethyl adjacent to an activating group) is 2. The van der Waals surface area contributed by atoms with Gasteiger partial charge >= 0.3 is 0 Å². The number of fused-ring (bicyclic) bond motifs is 1. The molecule has 0 radical (unpaired) electrons. The molecule has 1 unspecified atom stereocenters. The summed E-state index contributed by atoms with van der Waals surface area (Å²) in [6.45, 7) is 3.64. The van der Waals surface area contributed by atoms with Gasteiger partial charge in [0.25, 0.3) is 0 Å². The molecule has 3 rings (SSSR count). The Kier molecular flexibility index (Phi) is 4.44. The minimum atomic E-state index is -0.140. The fraction of sp³-hybridized carbons (Fsp3) is 0.316. The maximum absolute atomic E-state index is 12.5. The molecule has 6 nitrogen and oxygen atoms in total. The topological polar surface area (TPSA) is 75.3 Å². The highest BCUT2D eigenvalue weighted by Gasteiger charge is 2.39. The molecule has 25 heavy (non-hydrogen) atoms. The summed E-state index contributed by atoms with van der Waals surface area (Å²) in [7, 11) is 3.86. The SMILES string of the molecule is CN(CC1(C)CN(C)c2ncccc21)C(=O)/C=C/c1ccc(N)nc1. The van der Waals surface area contributed by atoms with Crippen LogP contribution >= 0.6 is 0 Å². The molecule has 130 valence electrons. The third-order valence-electron chi connectivity index (χ3n) is 4.57. The van der Waals surface area contributed by atoms with E-state index in [-0.39, 0.29) is 11.3 Å². The maximum Gasteiger partial charge on any atom is 0.246 e. The standard InChI is InChI=1S/C19H23N5O/c1-19(13-24(3)18-15(19)5-4-10-21-18)12-23(2)17(25)9-7-14-6-8-16(20)22-11-14/h4-11H,12-13H2,1-3H3,(H2,20,22)/b9-7+. The highest BCUT2D eigenvalue weighted by Crippen LogP contribution is 2.38. The van der Waals surface area contributed by atoms with Gasteiger partial charge in [-0.2, -0.15) is 0 Å². The van der Waals surface area contributed by atoms with E-state index in [0.717, 1.165) is 17.9 Å². The molecular formula is C19H23N5O.